The van der Waals surface area contributed by atoms with Gasteiger partial charge in [0.05, 0.1) is 12.6 Å². The molecule has 0 aromatic carbocycles. The standard InChI is InChI=1S/C6H12N2O4S/c1-2-11-6(10)12-8-5(9)4(7)3-13/h4,13H,2-3,7H2,1H3,(H,8,9). The van der Waals surface area contributed by atoms with E-state index in [4.69, 9.17) is 5.73 Å². The van der Waals surface area contributed by atoms with Gasteiger partial charge in [0.2, 0.25) is 0 Å². The Morgan fingerprint density at radius 3 is 2.69 bits per heavy atom. The third kappa shape index (κ3) is 5.31. The zero-order valence-electron chi connectivity index (χ0n) is 7.15. The summed E-state index contributed by atoms with van der Waals surface area (Å²) < 4.78 is 4.37. The van der Waals surface area contributed by atoms with Crippen LogP contribution in [0.1, 0.15) is 6.92 Å². The average molecular weight is 208 g/mol. The summed E-state index contributed by atoms with van der Waals surface area (Å²) in [6.07, 6.45) is -0.970. The molecule has 0 aromatic heterocycles. The van der Waals surface area contributed by atoms with Crippen molar-refractivity contribution in [1.29, 1.82) is 0 Å². The summed E-state index contributed by atoms with van der Waals surface area (Å²) >= 11 is 3.78. The number of nitrogens with one attached hydrogen (secondary N) is 1. The molecule has 0 saturated carbocycles. The Morgan fingerprint density at radius 1 is 1.62 bits per heavy atom. The van der Waals surface area contributed by atoms with Crippen molar-refractivity contribution in [2.24, 2.45) is 5.73 Å². The molecular weight excluding hydrogens is 196 g/mol. The van der Waals surface area contributed by atoms with E-state index in [1.54, 1.807) is 6.92 Å². The SMILES string of the molecule is CCOC(=O)ONC(=O)C(N)CS. The predicted octanol–water partition coefficient (Wildman–Crippen LogP) is -0.552. The fourth-order valence-corrected chi connectivity index (χ4v) is 0.564. The number of hydroxylamine groups is 1. The Labute approximate surface area is 81.1 Å². The number of hydrogen-bond acceptors (Lipinski definition) is 6. The van der Waals surface area contributed by atoms with E-state index >= 15 is 0 Å². The molecule has 13 heavy (non-hydrogen) atoms. The Kier molecular flexibility index (Phi) is 6.07. The number of carbonyl (C=O) groups is 2. The van der Waals surface area contributed by atoms with Crippen LogP contribution >= 0.6 is 12.6 Å². The van der Waals surface area contributed by atoms with Gasteiger partial charge >= 0.3 is 6.16 Å². The van der Waals surface area contributed by atoms with Crippen LogP contribution in [0.5, 0.6) is 0 Å². The fourth-order valence-electron chi connectivity index (χ4n) is 0.398. The summed E-state index contributed by atoms with van der Waals surface area (Å²) in [5.41, 5.74) is 7.09. The highest BCUT2D eigenvalue weighted by Gasteiger charge is 2.13. The van der Waals surface area contributed by atoms with Crippen LogP contribution < -0.4 is 11.2 Å². The van der Waals surface area contributed by atoms with E-state index in [0.717, 1.165) is 0 Å². The molecule has 0 rings (SSSR count). The highest BCUT2D eigenvalue weighted by Crippen LogP contribution is 1.85. The molecule has 6 nitrogen and oxygen atoms in total. The van der Waals surface area contributed by atoms with Gasteiger partial charge in [-0.25, -0.2) is 4.79 Å². The first-order chi connectivity index (χ1) is 6.11. The van der Waals surface area contributed by atoms with Gasteiger partial charge in [-0.15, -0.1) is 0 Å². The lowest BCUT2D eigenvalue weighted by molar-refractivity contribution is -0.132. The van der Waals surface area contributed by atoms with Gasteiger partial charge in [-0.1, -0.05) is 0 Å². The van der Waals surface area contributed by atoms with Gasteiger partial charge in [0.1, 0.15) is 0 Å². The molecule has 0 saturated heterocycles. The smallest absolute Gasteiger partial charge is 0.433 e. The van der Waals surface area contributed by atoms with Crippen molar-refractivity contribution < 1.29 is 19.2 Å². The van der Waals surface area contributed by atoms with Crippen molar-refractivity contribution in [2.45, 2.75) is 13.0 Å². The lowest BCUT2D eigenvalue weighted by Gasteiger charge is -2.08. The first-order valence-electron chi connectivity index (χ1n) is 3.61. The van der Waals surface area contributed by atoms with E-state index in [2.05, 4.69) is 22.2 Å². The maximum absolute atomic E-state index is 10.9. The second kappa shape index (κ2) is 6.55. The van der Waals surface area contributed by atoms with E-state index in [0.29, 0.717) is 0 Å². The third-order valence-electron chi connectivity index (χ3n) is 1.03. The molecule has 1 amide bonds. The highest BCUT2D eigenvalue weighted by atomic mass is 32.1. The summed E-state index contributed by atoms with van der Waals surface area (Å²) in [5.74, 6) is -0.457. The molecule has 0 aliphatic carbocycles. The molecule has 0 heterocycles. The molecule has 76 valence electrons. The molecule has 0 spiro atoms. The number of thiol groups is 1. The number of ether oxygens (including phenoxy) is 1. The van der Waals surface area contributed by atoms with Crippen molar-refractivity contribution in [3.63, 3.8) is 0 Å². The first kappa shape index (κ1) is 12.0. The normalized spacial score (nSPS) is 11.6. The quantitative estimate of drug-likeness (QED) is 0.329. The van der Waals surface area contributed by atoms with Crippen LogP contribution in [0, 0.1) is 0 Å². The van der Waals surface area contributed by atoms with Crippen LogP contribution in [0.4, 0.5) is 4.79 Å². The van der Waals surface area contributed by atoms with Gasteiger partial charge in [0.15, 0.2) is 0 Å². The summed E-state index contributed by atoms with van der Waals surface area (Å²) in [4.78, 5) is 25.6. The third-order valence-corrected chi connectivity index (χ3v) is 1.42. The molecule has 0 aliphatic rings. The molecule has 0 aromatic rings. The number of rotatable bonds is 3. The van der Waals surface area contributed by atoms with E-state index in [1.807, 2.05) is 5.48 Å². The number of hydrogen-bond donors (Lipinski definition) is 3. The Bertz CT molecular complexity index is 187. The molecule has 1 unspecified atom stereocenters. The van der Waals surface area contributed by atoms with E-state index in [1.165, 1.54) is 0 Å². The minimum absolute atomic E-state index is 0.165. The van der Waals surface area contributed by atoms with Gasteiger partial charge < -0.3 is 15.3 Å². The average Bonchev–Trinajstić information content (AvgIpc) is 2.13. The van der Waals surface area contributed by atoms with E-state index in [9.17, 15) is 9.59 Å². The van der Waals surface area contributed by atoms with Gasteiger partial charge in [-0.3, -0.25) is 4.79 Å². The van der Waals surface area contributed by atoms with Crippen LogP contribution in [0.25, 0.3) is 0 Å². The first-order valence-corrected chi connectivity index (χ1v) is 4.25. The fraction of sp³-hybridized carbons (Fsp3) is 0.667. The minimum atomic E-state index is -0.970. The lowest BCUT2D eigenvalue weighted by Crippen LogP contribution is -2.42. The predicted molar refractivity (Wildman–Crippen MR) is 48.1 cm³/mol. The minimum Gasteiger partial charge on any atom is -0.433 e. The van der Waals surface area contributed by atoms with Gasteiger partial charge in [-0.2, -0.15) is 18.1 Å². The molecule has 0 fully saturated rings. The van der Waals surface area contributed by atoms with Gasteiger partial charge in [-0.05, 0) is 6.92 Å². The summed E-state index contributed by atoms with van der Waals surface area (Å²) in [6.45, 7) is 1.79. The lowest BCUT2D eigenvalue weighted by atomic mass is 10.3. The van der Waals surface area contributed by atoms with E-state index in [-0.39, 0.29) is 12.4 Å². The number of amides is 1. The molecule has 0 bridgehead atoms. The molecular formula is C6H12N2O4S. The summed E-state index contributed by atoms with van der Waals surface area (Å²) in [7, 11) is 0. The van der Waals surface area contributed by atoms with Crippen molar-refractivity contribution in [1.82, 2.24) is 5.48 Å². The summed E-state index contributed by atoms with van der Waals surface area (Å²) in [6, 6.07) is -0.808. The Hall–Kier alpha value is -0.950. The van der Waals surface area contributed by atoms with Crippen molar-refractivity contribution in [3.05, 3.63) is 0 Å². The summed E-state index contributed by atoms with van der Waals surface area (Å²) in [5, 5.41) is 0. The van der Waals surface area contributed by atoms with Crippen LogP contribution in [-0.2, 0) is 14.4 Å². The van der Waals surface area contributed by atoms with Gasteiger partial charge in [0.25, 0.3) is 5.91 Å². The largest absolute Gasteiger partial charge is 0.533 e. The maximum atomic E-state index is 10.9. The molecule has 1 atom stereocenters. The monoisotopic (exact) mass is 208 g/mol. The highest BCUT2D eigenvalue weighted by molar-refractivity contribution is 7.80. The van der Waals surface area contributed by atoms with Crippen LogP contribution in [0.2, 0.25) is 0 Å². The molecule has 0 aliphatic heterocycles. The van der Waals surface area contributed by atoms with Crippen molar-refractivity contribution in [3.8, 4) is 0 Å². The zero-order chi connectivity index (χ0) is 10.3. The van der Waals surface area contributed by atoms with Crippen molar-refractivity contribution in [2.75, 3.05) is 12.4 Å². The molecule has 7 heteroatoms. The maximum Gasteiger partial charge on any atom is 0.533 e. The second-order valence-corrected chi connectivity index (χ2v) is 2.41. The Balaban J connectivity index is 3.63. The van der Waals surface area contributed by atoms with Crippen LogP contribution in [0.15, 0.2) is 0 Å². The van der Waals surface area contributed by atoms with E-state index < -0.39 is 18.1 Å². The zero-order valence-corrected chi connectivity index (χ0v) is 8.04. The van der Waals surface area contributed by atoms with Crippen LogP contribution in [0.3, 0.4) is 0 Å². The Morgan fingerprint density at radius 2 is 2.23 bits per heavy atom. The molecule has 3 N–H and O–H groups in total. The topological polar surface area (TPSA) is 90.6 Å². The molecule has 0 radical (unpaired) electrons. The second-order valence-electron chi connectivity index (χ2n) is 2.04. The number of nitrogens with two attached hydrogens (primary N) is 1. The van der Waals surface area contributed by atoms with Crippen molar-refractivity contribution >= 4 is 24.7 Å². The van der Waals surface area contributed by atoms with Crippen LogP contribution in [-0.4, -0.2) is 30.5 Å². The van der Waals surface area contributed by atoms with Gasteiger partial charge in [0, 0.05) is 5.75 Å². The number of carbonyl (C=O) groups excluding carboxylic acids is 2.